The summed E-state index contributed by atoms with van der Waals surface area (Å²) in [6.45, 7) is 0. The van der Waals surface area contributed by atoms with Crippen LogP contribution in [-0.2, 0) is 0 Å². The lowest BCUT2D eigenvalue weighted by Crippen LogP contribution is -2.42. The molecule has 0 bridgehead atoms. The van der Waals surface area contributed by atoms with Crippen molar-refractivity contribution in [2.24, 2.45) is 11.1 Å². The second kappa shape index (κ2) is 1.72. The van der Waals surface area contributed by atoms with Gasteiger partial charge in [-0.25, -0.2) is 0 Å². The van der Waals surface area contributed by atoms with Crippen molar-refractivity contribution < 1.29 is 0 Å². The van der Waals surface area contributed by atoms with Crippen molar-refractivity contribution >= 4 is 0 Å². The molecule has 0 aromatic carbocycles. The van der Waals surface area contributed by atoms with E-state index in [0.29, 0.717) is 11.5 Å². The van der Waals surface area contributed by atoms with E-state index in [4.69, 9.17) is 5.73 Å². The Labute approximate surface area is 56.6 Å². The summed E-state index contributed by atoms with van der Waals surface area (Å²) in [5.74, 6) is 0. The van der Waals surface area contributed by atoms with Crippen molar-refractivity contribution in [1.29, 1.82) is 0 Å². The zero-order valence-electron chi connectivity index (χ0n) is 5.90. The molecule has 0 saturated heterocycles. The molecular weight excluding hydrogens is 110 g/mol. The Kier molecular flexibility index (Phi) is 1.10. The van der Waals surface area contributed by atoms with E-state index in [-0.39, 0.29) is 0 Å². The summed E-state index contributed by atoms with van der Waals surface area (Å²) in [7, 11) is 0. The molecule has 2 aliphatic carbocycles. The van der Waals surface area contributed by atoms with Gasteiger partial charge in [0.1, 0.15) is 0 Å². The molecule has 2 rings (SSSR count). The standard InChI is InChI=1S/C8H15N/c9-7-3-1-4-8(7)5-2-6-8/h7H,1-6,9H2. The van der Waals surface area contributed by atoms with Gasteiger partial charge in [0, 0.05) is 6.04 Å². The first-order valence-electron chi connectivity index (χ1n) is 4.09. The molecule has 1 atom stereocenters. The van der Waals surface area contributed by atoms with Crippen LogP contribution in [0.2, 0.25) is 0 Å². The Morgan fingerprint density at radius 1 is 1.11 bits per heavy atom. The highest BCUT2D eigenvalue weighted by atomic mass is 14.7. The Hall–Kier alpha value is -0.0400. The van der Waals surface area contributed by atoms with Gasteiger partial charge in [0.2, 0.25) is 0 Å². The van der Waals surface area contributed by atoms with E-state index in [1.807, 2.05) is 0 Å². The van der Waals surface area contributed by atoms with Gasteiger partial charge >= 0.3 is 0 Å². The normalized spacial score (nSPS) is 39.0. The quantitative estimate of drug-likeness (QED) is 0.523. The highest BCUT2D eigenvalue weighted by molar-refractivity contribution is 4.99. The van der Waals surface area contributed by atoms with Crippen LogP contribution in [0.3, 0.4) is 0 Å². The maximum Gasteiger partial charge on any atom is 0.00955 e. The maximum atomic E-state index is 5.98. The predicted molar refractivity (Wildman–Crippen MR) is 38.1 cm³/mol. The molecule has 9 heavy (non-hydrogen) atoms. The van der Waals surface area contributed by atoms with Gasteiger partial charge in [-0.3, -0.25) is 0 Å². The van der Waals surface area contributed by atoms with Crippen molar-refractivity contribution in [3.63, 3.8) is 0 Å². The summed E-state index contributed by atoms with van der Waals surface area (Å²) in [5, 5.41) is 0. The Morgan fingerprint density at radius 3 is 2.00 bits per heavy atom. The molecule has 1 spiro atoms. The average Bonchev–Trinajstić information content (AvgIpc) is 2.07. The molecule has 2 aliphatic rings. The van der Waals surface area contributed by atoms with Gasteiger partial charge in [-0.15, -0.1) is 0 Å². The molecule has 1 heteroatoms. The van der Waals surface area contributed by atoms with Crippen LogP contribution in [0.4, 0.5) is 0 Å². The topological polar surface area (TPSA) is 26.0 Å². The zero-order valence-corrected chi connectivity index (χ0v) is 5.90. The van der Waals surface area contributed by atoms with Gasteiger partial charge < -0.3 is 5.73 Å². The lowest BCUT2D eigenvalue weighted by Gasteiger charge is -2.42. The first kappa shape index (κ1) is 5.72. The molecule has 1 unspecified atom stereocenters. The molecule has 2 fully saturated rings. The molecule has 0 radical (unpaired) electrons. The number of hydrogen-bond donors (Lipinski definition) is 1. The molecule has 0 heterocycles. The molecular formula is C8H15N. The predicted octanol–water partition coefficient (Wildman–Crippen LogP) is 1.67. The van der Waals surface area contributed by atoms with Crippen molar-refractivity contribution in [3.8, 4) is 0 Å². The van der Waals surface area contributed by atoms with E-state index in [1.165, 1.54) is 38.5 Å². The fraction of sp³-hybridized carbons (Fsp3) is 1.00. The number of hydrogen-bond acceptors (Lipinski definition) is 1. The molecule has 0 aliphatic heterocycles. The molecule has 0 aromatic heterocycles. The third-order valence-electron chi connectivity index (χ3n) is 3.33. The third kappa shape index (κ3) is 0.644. The molecule has 52 valence electrons. The summed E-state index contributed by atoms with van der Waals surface area (Å²) in [5.41, 5.74) is 6.63. The SMILES string of the molecule is NC1CCCC12CCC2. The number of rotatable bonds is 0. The van der Waals surface area contributed by atoms with Crippen LogP contribution in [0.15, 0.2) is 0 Å². The van der Waals surface area contributed by atoms with Crippen molar-refractivity contribution in [3.05, 3.63) is 0 Å². The van der Waals surface area contributed by atoms with Gasteiger partial charge in [0.25, 0.3) is 0 Å². The largest absolute Gasteiger partial charge is 0.327 e. The van der Waals surface area contributed by atoms with E-state index in [2.05, 4.69) is 0 Å². The minimum atomic E-state index is 0.561. The van der Waals surface area contributed by atoms with Gasteiger partial charge in [0.05, 0.1) is 0 Å². The molecule has 2 saturated carbocycles. The Bertz CT molecular complexity index is 116. The third-order valence-corrected chi connectivity index (χ3v) is 3.33. The fourth-order valence-corrected chi connectivity index (χ4v) is 2.42. The Balaban J connectivity index is 2.09. The zero-order chi connectivity index (χ0) is 6.32. The minimum Gasteiger partial charge on any atom is -0.327 e. The lowest BCUT2D eigenvalue weighted by molar-refractivity contribution is 0.120. The van der Waals surface area contributed by atoms with Crippen molar-refractivity contribution in [2.45, 2.75) is 44.6 Å². The Morgan fingerprint density at radius 2 is 1.78 bits per heavy atom. The van der Waals surface area contributed by atoms with Crippen LogP contribution in [0.5, 0.6) is 0 Å². The van der Waals surface area contributed by atoms with E-state index >= 15 is 0 Å². The molecule has 2 N–H and O–H groups in total. The van der Waals surface area contributed by atoms with Crippen molar-refractivity contribution in [1.82, 2.24) is 0 Å². The maximum absolute atomic E-state index is 5.98. The van der Waals surface area contributed by atoms with Crippen molar-refractivity contribution in [2.75, 3.05) is 0 Å². The summed E-state index contributed by atoms with van der Waals surface area (Å²) in [6.07, 6.45) is 8.39. The van der Waals surface area contributed by atoms with Crippen LogP contribution < -0.4 is 5.73 Å². The molecule has 0 amide bonds. The van der Waals surface area contributed by atoms with Gasteiger partial charge in [-0.2, -0.15) is 0 Å². The van der Waals surface area contributed by atoms with Gasteiger partial charge in [-0.1, -0.05) is 12.8 Å². The minimum absolute atomic E-state index is 0.561. The van der Waals surface area contributed by atoms with Crippen LogP contribution in [0.1, 0.15) is 38.5 Å². The second-order valence-electron chi connectivity index (χ2n) is 3.71. The molecule has 1 nitrogen and oxygen atoms in total. The first-order valence-corrected chi connectivity index (χ1v) is 4.09. The number of nitrogens with two attached hydrogens (primary N) is 1. The summed E-state index contributed by atoms with van der Waals surface area (Å²) >= 11 is 0. The van der Waals surface area contributed by atoms with Gasteiger partial charge in [-0.05, 0) is 31.1 Å². The highest BCUT2D eigenvalue weighted by Crippen LogP contribution is 2.52. The lowest BCUT2D eigenvalue weighted by atomic mass is 9.65. The molecule has 0 aromatic rings. The van der Waals surface area contributed by atoms with Crippen LogP contribution in [0.25, 0.3) is 0 Å². The van der Waals surface area contributed by atoms with E-state index in [9.17, 15) is 0 Å². The summed E-state index contributed by atoms with van der Waals surface area (Å²) < 4.78 is 0. The van der Waals surface area contributed by atoms with E-state index in [1.54, 1.807) is 0 Å². The second-order valence-corrected chi connectivity index (χ2v) is 3.71. The van der Waals surface area contributed by atoms with Gasteiger partial charge in [0.15, 0.2) is 0 Å². The van der Waals surface area contributed by atoms with Crippen LogP contribution >= 0.6 is 0 Å². The van der Waals surface area contributed by atoms with Crippen LogP contribution in [0, 0.1) is 5.41 Å². The van der Waals surface area contributed by atoms with E-state index in [0.717, 1.165) is 0 Å². The van der Waals surface area contributed by atoms with Crippen LogP contribution in [-0.4, -0.2) is 6.04 Å². The average molecular weight is 125 g/mol. The summed E-state index contributed by atoms with van der Waals surface area (Å²) in [4.78, 5) is 0. The summed E-state index contributed by atoms with van der Waals surface area (Å²) in [6, 6.07) is 0.561. The van der Waals surface area contributed by atoms with E-state index < -0.39 is 0 Å². The first-order chi connectivity index (χ1) is 4.33. The highest BCUT2D eigenvalue weighted by Gasteiger charge is 2.44. The fourth-order valence-electron chi connectivity index (χ4n) is 2.42. The monoisotopic (exact) mass is 125 g/mol. The smallest absolute Gasteiger partial charge is 0.00955 e.